The van der Waals surface area contributed by atoms with Crippen LogP contribution in [0.15, 0.2) is 70.6 Å². The van der Waals surface area contributed by atoms with Crippen molar-refractivity contribution in [1.29, 1.82) is 0 Å². The van der Waals surface area contributed by atoms with Gasteiger partial charge in [0.15, 0.2) is 0 Å². The second kappa shape index (κ2) is 7.48. The molecule has 0 atom stereocenters. The van der Waals surface area contributed by atoms with E-state index in [0.717, 1.165) is 18.5 Å². The van der Waals surface area contributed by atoms with E-state index in [4.69, 9.17) is 11.6 Å². The first-order valence-electron chi connectivity index (χ1n) is 9.02. The molecule has 28 heavy (non-hydrogen) atoms. The number of aromatic nitrogens is 4. The number of benzene rings is 2. The Morgan fingerprint density at radius 1 is 1.04 bits per heavy atom. The lowest BCUT2D eigenvalue weighted by atomic mass is 10.2. The first-order chi connectivity index (χ1) is 13.6. The van der Waals surface area contributed by atoms with Crippen molar-refractivity contribution in [3.63, 3.8) is 0 Å². The third-order valence-corrected chi connectivity index (χ3v) is 5.12. The van der Waals surface area contributed by atoms with Crippen molar-refractivity contribution < 1.29 is 0 Å². The van der Waals surface area contributed by atoms with E-state index in [1.54, 1.807) is 47.3 Å². The van der Waals surface area contributed by atoms with Gasteiger partial charge in [0.1, 0.15) is 0 Å². The van der Waals surface area contributed by atoms with Crippen molar-refractivity contribution in [1.82, 2.24) is 18.7 Å². The third kappa shape index (κ3) is 3.27. The van der Waals surface area contributed by atoms with Crippen molar-refractivity contribution in [2.24, 2.45) is 7.05 Å². The standard InChI is InChI=1S/C21H19ClN4O2/c1-24-14-23-13-17(24)5-4-12-25-19-7-3-2-6-18(19)20(27)26(21(25)28)16-10-8-15(22)9-11-16/h2-3,6-11,13-14H,4-5,12H2,1H3. The Balaban J connectivity index is 1.80. The molecule has 7 heteroatoms. The van der Waals surface area contributed by atoms with Gasteiger partial charge in [-0.05, 0) is 49.2 Å². The molecule has 4 rings (SSSR count). The average Bonchev–Trinajstić information content (AvgIpc) is 3.11. The molecule has 0 aliphatic carbocycles. The number of para-hydroxylation sites is 1. The molecule has 0 saturated carbocycles. The Hall–Kier alpha value is -3.12. The van der Waals surface area contributed by atoms with Crippen LogP contribution in [0.4, 0.5) is 0 Å². The van der Waals surface area contributed by atoms with Crippen molar-refractivity contribution in [2.45, 2.75) is 19.4 Å². The lowest BCUT2D eigenvalue weighted by Crippen LogP contribution is -2.39. The second-order valence-corrected chi connectivity index (χ2v) is 7.10. The van der Waals surface area contributed by atoms with Crippen LogP contribution in [0.2, 0.25) is 5.02 Å². The summed E-state index contributed by atoms with van der Waals surface area (Å²) in [5.41, 5.74) is 1.57. The van der Waals surface area contributed by atoms with Crippen molar-refractivity contribution >= 4 is 22.5 Å². The molecule has 0 saturated heterocycles. The van der Waals surface area contributed by atoms with Gasteiger partial charge in [0, 0.05) is 30.5 Å². The fourth-order valence-corrected chi connectivity index (χ4v) is 3.52. The summed E-state index contributed by atoms with van der Waals surface area (Å²) in [6, 6.07) is 13.9. The van der Waals surface area contributed by atoms with Gasteiger partial charge in [0.2, 0.25) is 0 Å². The molecular formula is C21H19ClN4O2. The number of fused-ring (bicyclic) bond motifs is 1. The summed E-state index contributed by atoms with van der Waals surface area (Å²) in [5, 5.41) is 1.06. The molecule has 0 aliphatic heterocycles. The van der Waals surface area contributed by atoms with Crippen LogP contribution in [0.5, 0.6) is 0 Å². The predicted octanol–water partition coefficient (Wildman–Crippen LogP) is 3.17. The maximum atomic E-state index is 13.2. The summed E-state index contributed by atoms with van der Waals surface area (Å²) in [6.07, 6.45) is 5.13. The second-order valence-electron chi connectivity index (χ2n) is 6.67. The molecular weight excluding hydrogens is 376 g/mol. The minimum atomic E-state index is -0.351. The number of aryl methyl sites for hydroxylation is 3. The van der Waals surface area contributed by atoms with Crippen LogP contribution in [-0.4, -0.2) is 18.7 Å². The number of hydrogen-bond donors (Lipinski definition) is 0. The van der Waals surface area contributed by atoms with Crippen molar-refractivity contribution in [3.05, 3.63) is 92.6 Å². The molecule has 2 aromatic heterocycles. The molecule has 0 spiro atoms. The Labute approximate surface area is 166 Å². The van der Waals surface area contributed by atoms with Gasteiger partial charge in [-0.15, -0.1) is 0 Å². The van der Waals surface area contributed by atoms with E-state index in [1.165, 1.54) is 4.57 Å². The van der Waals surface area contributed by atoms with E-state index in [1.807, 2.05) is 29.9 Å². The van der Waals surface area contributed by atoms with Crippen LogP contribution in [0.1, 0.15) is 12.1 Å². The maximum Gasteiger partial charge on any atom is 0.336 e. The molecule has 0 N–H and O–H groups in total. The fraction of sp³-hybridized carbons (Fsp3) is 0.190. The highest BCUT2D eigenvalue weighted by atomic mass is 35.5. The van der Waals surface area contributed by atoms with Crippen LogP contribution < -0.4 is 11.2 Å². The van der Waals surface area contributed by atoms with Gasteiger partial charge in [-0.2, -0.15) is 0 Å². The summed E-state index contributed by atoms with van der Waals surface area (Å²) in [5.74, 6) is 0. The smallest absolute Gasteiger partial charge is 0.336 e. The van der Waals surface area contributed by atoms with E-state index < -0.39 is 0 Å². The van der Waals surface area contributed by atoms with Crippen LogP contribution >= 0.6 is 11.6 Å². The number of imidazole rings is 1. The van der Waals surface area contributed by atoms with Gasteiger partial charge < -0.3 is 4.57 Å². The Morgan fingerprint density at radius 2 is 1.79 bits per heavy atom. The first kappa shape index (κ1) is 18.3. The van der Waals surface area contributed by atoms with Crippen LogP contribution in [0.3, 0.4) is 0 Å². The predicted molar refractivity (Wildman–Crippen MR) is 110 cm³/mol. The fourth-order valence-electron chi connectivity index (χ4n) is 3.40. The molecule has 6 nitrogen and oxygen atoms in total. The minimum Gasteiger partial charge on any atom is -0.338 e. The highest BCUT2D eigenvalue weighted by molar-refractivity contribution is 6.30. The average molecular weight is 395 g/mol. The lowest BCUT2D eigenvalue weighted by molar-refractivity contribution is 0.600. The van der Waals surface area contributed by atoms with Crippen LogP contribution in [0, 0.1) is 0 Å². The number of rotatable bonds is 5. The van der Waals surface area contributed by atoms with E-state index in [9.17, 15) is 9.59 Å². The quantitative estimate of drug-likeness (QED) is 0.522. The van der Waals surface area contributed by atoms with Gasteiger partial charge in [-0.25, -0.2) is 14.3 Å². The molecule has 2 aromatic carbocycles. The van der Waals surface area contributed by atoms with Gasteiger partial charge in [-0.1, -0.05) is 23.7 Å². The van der Waals surface area contributed by atoms with Gasteiger partial charge in [0.25, 0.3) is 5.56 Å². The molecule has 0 aliphatic rings. The van der Waals surface area contributed by atoms with E-state index in [0.29, 0.717) is 28.2 Å². The van der Waals surface area contributed by atoms with Crippen molar-refractivity contribution in [2.75, 3.05) is 0 Å². The molecule has 2 heterocycles. The van der Waals surface area contributed by atoms with Gasteiger partial charge in [0.05, 0.1) is 22.9 Å². The summed E-state index contributed by atoms with van der Waals surface area (Å²) in [7, 11) is 1.95. The molecule has 0 unspecified atom stereocenters. The Morgan fingerprint density at radius 3 is 2.50 bits per heavy atom. The van der Waals surface area contributed by atoms with Crippen molar-refractivity contribution in [3.8, 4) is 5.69 Å². The van der Waals surface area contributed by atoms with E-state index >= 15 is 0 Å². The van der Waals surface area contributed by atoms with E-state index in [-0.39, 0.29) is 11.2 Å². The summed E-state index contributed by atoms with van der Waals surface area (Å²) >= 11 is 5.96. The van der Waals surface area contributed by atoms with E-state index in [2.05, 4.69) is 4.98 Å². The molecule has 0 radical (unpaired) electrons. The third-order valence-electron chi connectivity index (χ3n) is 4.87. The summed E-state index contributed by atoms with van der Waals surface area (Å²) in [4.78, 5) is 30.3. The number of hydrogen-bond acceptors (Lipinski definition) is 3. The largest absolute Gasteiger partial charge is 0.338 e. The van der Waals surface area contributed by atoms with Gasteiger partial charge in [-0.3, -0.25) is 9.36 Å². The summed E-state index contributed by atoms with van der Waals surface area (Å²) < 4.78 is 4.85. The lowest BCUT2D eigenvalue weighted by Gasteiger charge is -2.14. The highest BCUT2D eigenvalue weighted by Gasteiger charge is 2.14. The monoisotopic (exact) mass is 394 g/mol. The van der Waals surface area contributed by atoms with Crippen LogP contribution in [0.25, 0.3) is 16.6 Å². The zero-order valence-corrected chi connectivity index (χ0v) is 16.1. The first-order valence-corrected chi connectivity index (χ1v) is 9.40. The Kier molecular flexibility index (Phi) is 4.88. The number of nitrogens with zero attached hydrogens (tertiary/aromatic N) is 4. The molecule has 0 bridgehead atoms. The molecule has 0 amide bonds. The minimum absolute atomic E-state index is 0.328. The topological polar surface area (TPSA) is 61.8 Å². The zero-order valence-electron chi connectivity index (χ0n) is 15.4. The SMILES string of the molecule is Cn1cncc1CCCn1c(=O)n(-c2ccc(Cl)cc2)c(=O)c2ccccc21. The zero-order chi connectivity index (χ0) is 19.7. The highest BCUT2D eigenvalue weighted by Crippen LogP contribution is 2.14. The van der Waals surface area contributed by atoms with Crippen LogP contribution in [-0.2, 0) is 20.0 Å². The Bertz CT molecular complexity index is 1250. The molecule has 4 aromatic rings. The normalized spacial score (nSPS) is 11.2. The van der Waals surface area contributed by atoms with Gasteiger partial charge >= 0.3 is 5.69 Å². The summed E-state index contributed by atoms with van der Waals surface area (Å²) in [6.45, 7) is 0.498. The molecule has 0 fully saturated rings. The molecule has 142 valence electrons. The maximum absolute atomic E-state index is 13.2. The number of halogens is 1.